The van der Waals surface area contributed by atoms with E-state index in [1.54, 1.807) is 13.4 Å². The van der Waals surface area contributed by atoms with Gasteiger partial charge in [-0.1, -0.05) is 6.07 Å². The summed E-state index contributed by atoms with van der Waals surface area (Å²) in [6.07, 6.45) is 2.68. The summed E-state index contributed by atoms with van der Waals surface area (Å²) in [7, 11) is 1.79. The Labute approximate surface area is 94.0 Å². The van der Waals surface area contributed by atoms with Gasteiger partial charge in [-0.3, -0.25) is 0 Å². The van der Waals surface area contributed by atoms with E-state index in [-0.39, 0.29) is 5.60 Å². The number of ether oxygens (including phenoxy) is 1. The molecule has 0 saturated carbocycles. The highest BCUT2D eigenvalue weighted by Gasteiger charge is 2.36. The molecule has 0 radical (unpaired) electrons. The average Bonchev–Trinajstić information content (AvgIpc) is 2.70. The molecule has 0 bridgehead atoms. The molecule has 4 heteroatoms. The van der Waals surface area contributed by atoms with Crippen LogP contribution in [0.15, 0.2) is 24.5 Å². The van der Waals surface area contributed by atoms with Gasteiger partial charge >= 0.3 is 0 Å². The number of hydrogen-bond acceptors (Lipinski definition) is 3. The van der Waals surface area contributed by atoms with Crippen LogP contribution in [-0.4, -0.2) is 35.8 Å². The normalized spacial score (nSPS) is 18.6. The monoisotopic (exact) mass is 217 g/mol. The molecule has 1 aliphatic heterocycles. The van der Waals surface area contributed by atoms with E-state index in [1.807, 2.05) is 0 Å². The number of H-pyrrole nitrogens is 1. The number of nitrogens with zero attached hydrogens (tertiary/aromatic N) is 1. The van der Waals surface area contributed by atoms with Crippen molar-refractivity contribution in [2.45, 2.75) is 12.0 Å². The van der Waals surface area contributed by atoms with Gasteiger partial charge in [-0.15, -0.1) is 0 Å². The van der Waals surface area contributed by atoms with Crippen LogP contribution < -0.4 is 5.32 Å². The molecule has 1 fully saturated rings. The lowest BCUT2D eigenvalue weighted by Gasteiger charge is -2.41. The van der Waals surface area contributed by atoms with Crippen molar-refractivity contribution in [2.75, 3.05) is 20.2 Å². The van der Waals surface area contributed by atoms with Crippen molar-refractivity contribution in [3.05, 3.63) is 30.1 Å². The van der Waals surface area contributed by atoms with E-state index in [0.29, 0.717) is 0 Å². The molecule has 16 heavy (non-hydrogen) atoms. The number of aromatic nitrogens is 2. The number of fused-ring (bicyclic) bond motifs is 1. The Bertz CT molecular complexity index is 496. The molecule has 1 aromatic heterocycles. The van der Waals surface area contributed by atoms with E-state index in [0.717, 1.165) is 30.5 Å². The molecule has 0 aliphatic carbocycles. The Kier molecular flexibility index (Phi) is 2.19. The lowest BCUT2D eigenvalue weighted by atomic mass is 9.89. The molecule has 4 nitrogen and oxygen atoms in total. The van der Waals surface area contributed by atoms with Gasteiger partial charge in [0.1, 0.15) is 0 Å². The summed E-state index contributed by atoms with van der Waals surface area (Å²) in [5.41, 5.74) is 3.39. The topological polar surface area (TPSA) is 49.9 Å². The third kappa shape index (κ3) is 1.50. The second-order valence-corrected chi connectivity index (χ2v) is 4.42. The van der Waals surface area contributed by atoms with Gasteiger partial charge in [0, 0.05) is 26.6 Å². The van der Waals surface area contributed by atoms with Crippen molar-refractivity contribution in [3.63, 3.8) is 0 Å². The maximum absolute atomic E-state index is 5.58. The van der Waals surface area contributed by atoms with Gasteiger partial charge in [-0.25, -0.2) is 4.98 Å². The number of hydrogen-bond donors (Lipinski definition) is 2. The molecule has 0 amide bonds. The maximum atomic E-state index is 5.58. The van der Waals surface area contributed by atoms with Crippen LogP contribution in [0.3, 0.4) is 0 Å². The van der Waals surface area contributed by atoms with Crippen LogP contribution in [-0.2, 0) is 11.2 Å². The predicted octanol–water partition coefficient (Wildman–Crippen LogP) is 1.09. The fourth-order valence-corrected chi connectivity index (χ4v) is 2.21. The largest absolute Gasteiger partial charge is 0.375 e. The number of imidazole rings is 1. The van der Waals surface area contributed by atoms with Crippen LogP contribution >= 0.6 is 0 Å². The molecule has 2 N–H and O–H groups in total. The first kappa shape index (κ1) is 9.81. The molecule has 84 valence electrons. The molecule has 0 atom stereocenters. The number of benzene rings is 1. The van der Waals surface area contributed by atoms with Crippen LogP contribution in [0.1, 0.15) is 5.56 Å². The Morgan fingerprint density at radius 2 is 2.31 bits per heavy atom. The minimum atomic E-state index is -0.00625. The molecule has 0 unspecified atom stereocenters. The summed E-state index contributed by atoms with van der Waals surface area (Å²) < 4.78 is 5.58. The second-order valence-electron chi connectivity index (χ2n) is 4.42. The van der Waals surface area contributed by atoms with Gasteiger partial charge in [0.2, 0.25) is 0 Å². The van der Waals surface area contributed by atoms with E-state index >= 15 is 0 Å². The maximum Gasteiger partial charge on any atom is 0.0966 e. The van der Waals surface area contributed by atoms with Crippen molar-refractivity contribution in [1.29, 1.82) is 0 Å². The Morgan fingerprint density at radius 1 is 1.44 bits per heavy atom. The van der Waals surface area contributed by atoms with E-state index < -0.39 is 0 Å². The molecule has 3 rings (SSSR count). The fourth-order valence-electron chi connectivity index (χ4n) is 2.21. The first-order valence-corrected chi connectivity index (χ1v) is 5.49. The zero-order valence-electron chi connectivity index (χ0n) is 9.29. The highest BCUT2D eigenvalue weighted by molar-refractivity contribution is 5.75. The molecule has 1 aromatic carbocycles. The van der Waals surface area contributed by atoms with Gasteiger partial charge in [-0.05, 0) is 17.7 Å². The molecular formula is C12H15N3O. The van der Waals surface area contributed by atoms with Crippen molar-refractivity contribution >= 4 is 11.0 Å². The zero-order chi connectivity index (χ0) is 11.0. The Morgan fingerprint density at radius 3 is 3.00 bits per heavy atom. The van der Waals surface area contributed by atoms with Crippen molar-refractivity contribution < 1.29 is 4.74 Å². The minimum Gasteiger partial charge on any atom is -0.375 e. The zero-order valence-corrected chi connectivity index (χ0v) is 9.29. The van der Waals surface area contributed by atoms with Crippen molar-refractivity contribution in [3.8, 4) is 0 Å². The van der Waals surface area contributed by atoms with Crippen LogP contribution in [0, 0.1) is 0 Å². The van der Waals surface area contributed by atoms with Gasteiger partial charge in [0.15, 0.2) is 0 Å². The molecule has 1 saturated heterocycles. The van der Waals surface area contributed by atoms with E-state index in [4.69, 9.17) is 4.74 Å². The summed E-state index contributed by atoms with van der Waals surface area (Å²) in [4.78, 5) is 7.34. The number of rotatable bonds is 3. The van der Waals surface area contributed by atoms with Gasteiger partial charge in [0.25, 0.3) is 0 Å². The van der Waals surface area contributed by atoms with Crippen molar-refractivity contribution in [2.24, 2.45) is 0 Å². The lowest BCUT2D eigenvalue weighted by Crippen LogP contribution is -2.61. The quantitative estimate of drug-likeness (QED) is 0.809. The summed E-state index contributed by atoms with van der Waals surface area (Å²) in [6.45, 7) is 1.87. The molecule has 2 aromatic rings. The molecule has 0 spiro atoms. The van der Waals surface area contributed by atoms with Crippen LogP contribution in [0.4, 0.5) is 0 Å². The third-order valence-corrected chi connectivity index (χ3v) is 3.34. The third-order valence-electron chi connectivity index (χ3n) is 3.34. The van der Waals surface area contributed by atoms with Crippen molar-refractivity contribution in [1.82, 2.24) is 15.3 Å². The molecule has 2 heterocycles. The number of nitrogens with one attached hydrogen (secondary N) is 2. The highest BCUT2D eigenvalue weighted by atomic mass is 16.5. The SMILES string of the molecule is COC1(Cc2ccc3nc[nH]c3c2)CNC1. The summed E-state index contributed by atoms with van der Waals surface area (Å²) >= 11 is 0. The van der Waals surface area contributed by atoms with E-state index in [9.17, 15) is 0 Å². The smallest absolute Gasteiger partial charge is 0.0966 e. The van der Waals surface area contributed by atoms with Gasteiger partial charge in [-0.2, -0.15) is 0 Å². The van der Waals surface area contributed by atoms with E-state index in [2.05, 4.69) is 33.5 Å². The second kappa shape index (κ2) is 3.57. The van der Waals surface area contributed by atoms with Crippen LogP contribution in [0.2, 0.25) is 0 Å². The minimum absolute atomic E-state index is 0.00625. The van der Waals surface area contributed by atoms with Gasteiger partial charge < -0.3 is 15.0 Å². The first-order chi connectivity index (χ1) is 7.81. The number of methoxy groups -OCH3 is 1. The summed E-state index contributed by atoms with van der Waals surface area (Å²) in [5.74, 6) is 0. The highest BCUT2D eigenvalue weighted by Crippen LogP contribution is 2.23. The fraction of sp³-hybridized carbons (Fsp3) is 0.417. The first-order valence-electron chi connectivity index (χ1n) is 5.49. The Balaban J connectivity index is 1.88. The standard InChI is InChI=1S/C12H15N3O/c1-16-12(6-13-7-12)5-9-2-3-10-11(4-9)15-8-14-10/h2-4,8,13H,5-7H2,1H3,(H,14,15). The predicted molar refractivity (Wildman–Crippen MR) is 62.4 cm³/mol. The Hall–Kier alpha value is -1.39. The molecule has 1 aliphatic rings. The molecular weight excluding hydrogens is 202 g/mol. The van der Waals surface area contributed by atoms with Gasteiger partial charge in [0.05, 0.1) is 23.0 Å². The van der Waals surface area contributed by atoms with Crippen LogP contribution in [0.25, 0.3) is 11.0 Å². The lowest BCUT2D eigenvalue weighted by molar-refractivity contribution is -0.0502. The average molecular weight is 217 g/mol. The van der Waals surface area contributed by atoms with E-state index in [1.165, 1.54) is 5.56 Å². The van der Waals surface area contributed by atoms with Crippen LogP contribution in [0.5, 0.6) is 0 Å². The summed E-state index contributed by atoms with van der Waals surface area (Å²) in [6, 6.07) is 6.33. The number of aromatic amines is 1. The summed E-state index contributed by atoms with van der Waals surface area (Å²) in [5, 5.41) is 3.26.